The van der Waals surface area contributed by atoms with Crippen LogP contribution < -0.4 is 5.32 Å². The third kappa shape index (κ3) is 2.22. The molecule has 0 aliphatic carbocycles. The molecule has 0 bridgehead atoms. The molecule has 0 radical (unpaired) electrons. The number of carbonyl (C=O) groups excluding carboxylic acids is 1. The summed E-state index contributed by atoms with van der Waals surface area (Å²) in [6.07, 6.45) is 0.578. The largest absolute Gasteiger partial charge is 0.466 e. The molecular formula is C14H14FN5O2. The Morgan fingerprint density at radius 2 is 2.14 bits per heavy atom. The molecule has 7 nitrogen and oxygen atoms in total. The van der Waals surface area contributed by atoms with Gasteiger partial charge in [0.1, 0.15) is 11.9 Å². The number of carbonyl (C=O) groups is 1. The Balaban J connectivity index is 2.19. The maximum Gasteiger partial charge on any atom is 0.338 e. The number of rotatable bonds is 3. The first-order chi connectivity index (χ1) is 10.7. The number of halogens is 1. The van der Waals surface area contributed by atoms with Gasteiger partial charge in [-0.3, -0.25) is 0 Å². The summed E-state index contributed by atoms with van der Waals surface area (Å²) in [5, 5.41) is 14.5. The number of hydrogen-bond acceptors (Lipinski definition) is 6. The van der Waals surface area contributed by atoms with Crippen molar-refractivity contribution in [1.82, 2.24) is 20.2 Å². The van der Waals surface area contributed by atoms with Crippen LogP contribution >= 0.6 is 0 Å². The minimum Gasteiger partial charge on any atom is -0.466 e. The second kappa shape index (κ2) is 5.55. The first-order valence-electron chi connectivity index (χ1n) is 6.77. The number of nitrogens with zero attached hydrogens (tertiary/aromatic N) is 4. The van der Waals surface area contributed by atoms with E-state index in [9.17, 15) is 9.18 Å². The number of ether oxygens (including phenoxy) is 1. The fourth-order valence-corrected chi connectivity index (χ4v) is 2.52. The molecule has 8 heteroatoms. The van der Waals surface area contributed by atoms with Crippen LogP contribution in [-0.2, 0) is 9.53 Å². The second-order valence-electron chi connectivity index (χ2n) is 4.76. The number of benzene rings is 1. The molecule has 0 spiro atoms. The summed E-state index contributed by atoms with van der Waals surface area (Å²) >= 11 is 0. The predicted molar refractivity (Wildman–Crippen MR) is 75.3 cm³/mol. The molecule has 22 heavy (non-hydrogen) atoms. The monoisotopic (exact) mass is 303 g/mol. The van der Waals surface area contributed by atoms with E-state index in [-0.39, 0.29) is 5.82 Å². The van der Waals surface area contributed by atoms with Crippen molar-refractivity contribution in [3.05, 3.63) is 46.9 Å². The lowest BCUT2D eigenvalue weighted by Gasteiger charge is -2.28. The van der Waals surface area contributed by atoms with E-state index in [1.54, 1.807) is 12.1 Å². The maximum absolute atomic E-state index is 13.2. The zero-order valence-corrected chi connectivity index (χ0v) is 12.1. The summed E-state index contributed by atoms with van der Waals surface area (Å²) in [6.45, 7) is 1.91. The molecule has 1 N–H and O–H groups in total. The fourth-order valence-electron chi connectivity index (χ4n) is 2.52. The normalized spacial score (nSPS) is 17.0. The van der Waals surface area contributed by atoms with Crippen molar-refractivity contribution in [2.24, 2.45) is 0 Å². The Morgan fingerprint density at radius 1 is 1.41 bits per heavy atom. The molecule has 0 saturated heterocycles. The average Bonchev–Trinajstić information content (AvgIpc) is 3.01. The maximum atomic E-state index is 13.2. The number of nitrogens with one attached hydrogen (secondary N) is 1. The van der Waals surface area contributed by atoms with Gasteiger partial charge in [0.25, 0.3) is 0 Å². The first kappa shape index (κ1) is 14.2. The highest BCUT2D eigenvalue weighted by molar-refractivity contribution is 5.92. The van der Waals surface area contributed by atoms with Crippen molar-refractivity contribution in [2.75, 3.05) is 12.4 Å². The topological polar surface area (TPSA) is 81.9 Å². The minimum atomic E-state index is -0.561. The summed E-state index contributed by atoms with van der Waals surface area (Å²) in [7, 11) is 1.32. The van der Waals surface area contributed by atoms with Crippen LogP contribution in [0.15, 0.2) is 35.5 Å². The van der Waals surface area contributed by atoms with Crippen LogP contribution in [0.1, 0.15) is 24.9 Å². The smallest absolute Gasteiger partial charge is 0.338 e. The molecule has 1 aliphatic rings. The van der Waals surface area contributed by atoms with E-state index in [2.05, 4.69) is 20.8 Å². The van der Waals surface area contributed by atoms with Gasteiger partial charge in [0.05, 0.1) is 12.7 Å². The van der Waals surface area contributed by atoms with E-state index in [0.717, 1.165) is 0 Å². The van der Waals surface area contributed by atoms with Crippen molar-refractivity contribution >= 4 is 11.9 Å². The van der Waals surface area contributed by atoms with Crippen LogP contribution in [0.25, 0.3) is 0 Å². The quantitative estimate of drug-likeness (QED) is 0.869. The Hall–Kier alpha value is -2.77. The summed E-state index contributed by atoms with van der Waals surface area (Å²) in [4.78, 5) is 12.2. The van der Waals surface area contributed by atoms with Gasteiger partial charge < -0.3 is 10.1 Å². The van der Waals surface area contributed by atoms with E-state index in [1.807, 2.05) is 6.92 Å². The van der Waals surface area contributed by atoms with Crippen LogP contribution in [0.5, 0.6) is 0 Å². The van der Waals surface area contributed by atoms with Gasteiger partial charge in [0.2, 0.25) is 5.95 Å². The first-order valence-corrected chi connectivity index (χ1v) is 6.77. The predicted octanol–water partition coefficient (Wildman–Crippen LogP) is 1.66. The molecule has 1 atom stereocenters. The minimum absolute atomic E-state index is 0.353. The number of hydrogen-bond donors (Lipinski definition) is 1. The zero-order chi connectivity index (χ0) is 15.7. The Bertz CT molecular complexity index is 738. The van der Waals surface area contributed by atoms with Crippen molar-refractivity contribution in [1.29, 1.82) is 0 Å². The van der Waals surface area contributed by atoms with E-state index < -0.39 is 12.0 Å². The number of aromatic nitrogens is 4. The Labute approximate surface area is 125 Å². The molecule has 0 fully saturated rings. The number of tetrazole rings is 1. The van der Waals surface area contributed by atoms with Gasteiger partial charge in [0, 0.05) is 5.70 Å². The number of anilines is 1. The lowest BCUT2D eigenvalue weighted by Crippen LogP contribution is -2.30. The van der Waals surface area contributed by atoms with Crippen molar-refractivity contribution < 1.29 is 13.9 Å². The molecule has 0 amide bonds. The fraction of sp³-hybridized carbons (Fsp3) is 0.286. The van der Waals surface area contributed by atoms with Gasteiger partial charge in [-0.05, 0) is 34.5 Å². The molecule has 114 valence electrons. The van der Waals surface area contributed by atoms with Crippen LogP contribution in [0.4, 0.5) is 10.3 Å². The van der Waals surface area contributed by atoms with Crippen molar-refractivity contribution in [2.45, 2.75) is 19.4 Å². The van der Waals surface area contributed by atoms with E-state index in [4.69, 9.17) is 4.74 Å². The lowest BCUT2D eigenvalue weighted by atomic mass is 9.94. The number of allylic oxidation sites excluding steroid dienone is 1. The van der Waals surface area contributed by atoms with Gasteiger partial charge in [-0.15, -0.1) is 0 Å². The second-order valence-corrected chi connectivity index (χ2v) is 4.76. The van der Waals surface area contributed by atoms with Gasteiger partial charge in [-0.2, -0.15) is 4.68 Å². The van der Waals surface area contributed by atoms with Gasteiger partial charge >= 0.3 is 5.97 Å². The Morgan fingerprint density at radius 3 is 2.77 bits per heavy atom. The van der Waals surface area contributed by atoms with Crippen LogP contribution in [0, 0.1) is 5.82 Å². The molecule has 2 aromatic rings. The number of fused-ring (bicyclic) bond motifs is 1. The van der Waals surface area contributed by atoms with Gasteiger partial charge in [0.15, 0.2) is 0 Å². The summed E-state index contributed by atoms with van der Waals surface area (Å²) in [6, 6.07) is 5.32. The highest BCUT2D eigenvalue weighted by atomic mass is 19.1. The van der Waals surface area contributed by atoms with E-state index in [0.29, 0.717) is 29.2 Å². The lowest BCUT2D eigenvalue weighted by molar-refractivity contribution is -0.136. The van der Waals surface area contributed by atoms with Crippen LogP contribution in [-0.4, -0.2) is 33.3 Å². The molecule has 3 rings (SSSR count). The summed E-state index contributed by atoms with van der Waals surface area (Å²) in [5.74, 6) is -0.396. The highest BCUT2D eigenvalue weighted by Gasteiger charge is 2.35. The van der Waals surface area contributed by atoms with Crippen LogP contribution in [0.3, 0.4) is 0 Å². The molecule has 1 aromatic heterocycles. The van der Waals surface area contributed by atoms with E-state index in [1.165, 1.54) is 23.9 Å². The molecule has 2 heterocycles. The zero-order valence-electron chi connectivity index (χ0n) is 12.1. The SMILES string of the molecule is CCC1=C(C(=O)OC)C(c2ccc(F)cc2)n2nnnc2N1. The van der Waals surface area contributed by atoms with Gasteiger partial charge in [-0.25, -0.2) is 9.18 Å². The van der Waals surface area contributed by atoms with Crippen molar-refractivity contribution in [3.8, 4) is 0 Å². The molecular weight excluding hydrogens is 289 g/mol. The molecule has 1 unspecified atom stereocenters. The highest BCUT2D eigenvalue weighted by Crippen LogP contribution is 2.35. The van der Waals surface area contributed by atoms with Gasteiger partial charge in [-0.1, -0.05) is 24.2 Å². The number of esters is 1. The third-order valence-electron chi connectivity index (χ3n) is 3.54. The molecule has 1 aliphatic heterocycles. The average molecular weight is 303 g/mol. The molecule has 0 saturated carbocycles. The third-order valence-corrected chi connectivity index (χ3v) is 3.54. The standard InChI is InChI=1S/C14H14FN5O2/c1-3-10-11(13(21)22-2)12(8-4-6-9(15)7-5-8)20-14(16-10)17-18-19-20/h4-7,12H,3H2,1-2H3,(H,16,17,19). The van der Waals surface area contributed by atoms with Crippen LogP contribution in [0.2, 0.25) is 0 Å². The summed E-state index contributed by atoms with van der Waals surface area (Å²) in [5.41, 5.74) is 1.79. The van der Waals surface area contributed by atoms with Crippen molar-refractivity contribution in [3.63, 3.8) is 0 Å². The number of methoxy groups -OCH3 is 1. The molecule has 1 aromatic carbocycles. The summed E-state index contributed by atoms with van der Waals surface area (Å²) < 4.78 is 19.6. The van der Waals surface area contributed by atoms with E-state index >= 15 is 0 Å². The Kier molecular flexibility index (Phi) is 3.58.